The van der Waals surface area contributed by atoms with Gasteiger partial charge in [0, 0.05) is 18.3 Å². The van der Waals surface area contributed by atoms with E-state index in [0.29, 0.717) is 28.9 Å². The standard InChI is InChI=1S/C18H17N3O4/c22-13(8-19-12-5-6-16-17(7-12)25-11-24-16)9-21-10-20-15-4-2-1-3-14(15)18(21)23/h1-7,10,13,19,22H,8-9,11H2/t13-/m0/s1. The zero-order chi connectivity index (χ0) is 17.2. The van der Waals surface area contributed by atoms with Gasteiger partial charge in [-0.05, 0) is 24.3 Å². The Balaban J connectivity index is 1.43. The Kier molecular flexibility index (Phi) is 3.99. The molecule has 0 aliphatic carbocycles. The summed E-state index contributed by atoms with van der Waals surface area (Å²) in [5.41, 5.74) is 1.30. The van der Waals surface area contributed by atoms with Gasteiger partial charge in [0.25, 0.3) is 5.56 Å². The number of aromatic nitrogens is 2. The first-order valence-electron chi connectivity index (χ1n) is 7.96. The minimum Gasteiger partial charge on any atom is -0.454 e. The third kappa shape index (κ3) is 3.14. The number of para-hydroxylation sites is 1. The van der Waals surface area contributed by atoms with Crippen molar-refractivity contribution in [3.8, 4) is 11.5 Å². The van der Waals surface area contributed by atoms with Gasteiger partial charge in [-0.15, -0.1) is 0 Å². The molecule has 4 rings (SSSR count). The number of benzene rings is 2. The lowest BCUT2D eigenvalue weighted by Gasteiger charge is -2.14. The predicted octanol–water partition coefficient (Wildman–Crippen LogP) is 1.60. The Morgan fingerprint density at radius 3 is 2.96 bits per heavy atom. The van der Waals surface area contributed by atoms with E-state index in [4.69, 9.17) is 9.47 Å². The molecule has 2 aromatic carbocycles. The van der Waals surface area contributed by atoms with Crippen LogP contribution in [0.4, 0.5) is 5.69 Å². The van der Waals surface area contributed by atoms with E-state index >= 15 is 0 Å². The molecule has 0 amide bonds. The fraction of sp³-hybridized carbons (Fsp3) is 0.222. The van der Waals surface area contributed by atoms with E-state index < -0.39 is 6.10 Å². The monoisotopic (exact) mass is 339 g/mol. The molecular weight excluding hydrogens is 322 g/mol. The molecule has 0 fully saturated rings. The van der Waals surface area contributed by atoms with Crippen molar-refractivity contribution in [1.82, 2.24) is 9.55 Å². The molecule has 1 aliphatic rings. The molecule has 1 atom stereocenters. The first-order valence-corrected chi connectivity index (χ1v) is 7.96. The Bertz CT molecular complexity index is 970. The zero-order valence-electron chi connectivity index (χ0n) is 13.4. The molecule has 0 saturated heterocycles. The van der Waals surface area contributed by atoms with Crippen molar-refractivity contribution in [3.63, 3.8) is 0 Å². The Morgan fingerprint density at radius 1 is 1.20 bits per heavy atom. The summed E-state index contributed by atoms with van der Waals surface area (Å²) in [5, 5.41) is 13.9. The van der Waals surface area contributed by atoms with Crippen molar-refractivity contribution in [2.75, 3.05) is 18.7 Å². The first kappa shape index (κ1) is 15.5. The number of aliphatic hydroxyl groups is 1. The van der Waals surface area contributed by atoms with E-state index in [1.165, 1.54) is 10.9 Å². The lowest BCUT2D eigenvalue weighted by atomic mass is 10.2. The minimum atomic E-state index is -0.744. The van der Waals surface area contributed by atoms with Crippen LogP contribution in [0.2, 0.25) is 0 Å². The van der Waals surface area contributed by atoms with Crippen molar-refractivity contribution >= 4 is 16.6 Å². The van der Waals surface area contributed by atoms with Crippen LogP contribution in [-0.2, 0) is 6.54 Å². The van der Waals surface area contributed by atoms with Crippen LogP contribution in [-0.4, -0.2) is 34.1 Å². The quantitative estimate of drug-likeness (QED) is 0.734. The average molecular weight is 339 g/mol. The normalized spacial score (nSPS) is 13.8. The third-order valence-electron chi connectivity index (χ3n) is 4.05. The summed E-state index contributed by atoms with van der Waals surface area (Å²) in [6, 6.07) is 12.6. The topological polar surface area (TPSA) is 85.6 Å². The molecule has 1 aliphatic heterocycles. The van der Waals surface area contributed by atoms with Crippen molar-refractivity contribution in [2.45, 2.75) is 12.6 Å². The molecule has 0 unspecified atom stereocenters. The second kappa shape index (κ2) is 6.45. The molecule has 0 spiro atoms. The van der Waals surface area contributed by atoms with Crippen molar-refractivity contribution in [1.29, 1.82) is 0 Å². The number of anilines is 1. The maximum Gasteiger partial charge on any atom is 0.261 e. The van der Waals surface area contributed by atoms with E-state index in [1.54, 1.807) is 18.2 Å². The molecule has 1 aromatic heterocycles. The number of rotatable bonds is 5. The van der Waals surface area contributed by atoms with E-state index in [2.05, 4.69) is 10.3 Å². The summed E-state index contributed by atoms with van der Waals surface area (Å²) in [5.74, 6) is 1.38. The molecule has 0 radical (unpaired) electrons. The largest absolute Gasteiger partial charge is 0.454 e. The molecule has 3 aromatic rings. The minimum absolute atomic E-state index is 0.160. The van der Waals surface area contributed by atoms with Crippen LogP contribution in [0.1, 0.15) is 0 Å². The van der Waals surface area contributed by atoms with E-state index in [1.807, 2.05) is 24.3 Å². The Hall–Kier alpha value is -3.06. The highest BCUT2D eigenvalue weighted by Crippen LogP contribution is 2.34. The zero-order valence-corrected chi connectivity index (χ0v) is 13.4. The number of hydrogen-bond acceptors (Lipinski definition) is 6. The van der Waals surface area contributed by atoms with Crippen molar-refractivity contribution < 1.29 is 14.6 Å². The van der Waals surface area contributed by atoms with Crippen LogP contribution in [0.15, 0.2) is 53.6 Å². The second-order valence-electron chi connectivity index (χ2n) is 5.82. The van der Waals surface area contributed by atoms with Crippen LogP contribution in [0.3, 0.4) is 0 Å². The fourth-order valence-electron chi connectivity index (χ4n) is 2.77. The molecule has 128 valence electrons. The van der Waals surface area contributed by atoms with Crippen LogP contribution in [0, 0.1) is 0 Å². The number of nitrogens with zero attached hydrogens (tertiary/aromatic N) is 2. The number of fused-ring (bicyclic) bond motifs is 2. The summed E-state index contributed by atoms with van der Waals surface area (Å²) in [7, 11) is 0. The number of aliphatic hydroxyl groups excluding tert-OH is 1. The Morgan fingerprint density at radius 2 is 2.04 bits per heavy atom. The molecule has 7 nitrogen and oxygen atoms in total. The molecule has 0 bridgehead atoms. The average Bonchev–Trinajstić information content (AvgIpc) is 3.10. The van der Waals surface area contributed by atoms with Gasteiger partial charge in [-0.3, -0.25) is 9.36 Å². The van der Waals surface area contributed by atoms with E-state index in [0.717, 1.165) is 5.69 Å². The van der Waals surface area contributed by atoms with Gasteiger partial charge in [-0.25, -0.2) is 4.98 Å². The summed E-state index contributed by atoms with van der Waals surface area (Å²) < 4.78 is 12.0. The maximum absolute atomic E-state index is 12.4. The molecule has 7 heteroatoms. The van der Waals surface area contributed by atoms with Crippen molar-refractivity contribution in [2.24, 2.45) is 0 Å². The number of nitrogens with one attached hydrogen (secondary N) is 1. The van der Waals surface area contributed by atoms with Gasteiger partial charge >= 0.3 is 0 Å². The van der Waals surface area contributed by atoms with Crippen LogP contribution < -0.4 is 20.3 Å². The molecule has 25 heavy (non-hydrogen) atoms. The van der Waals surface area contributed by atoms with Crippen molar-refractivity contribution in [3.05, 3.63) is 59.1 Å². The highest BCUT2D eigenvalue weighted by atomic mass is 16.7. The van der Waals surface area contributed by atoms with Crippen LogP contribution >= 0.6 is 0 Å². The summed E-state index contributed by atoms with van der Waals surface area (Å²) in [4.78, 5) is 16.7. The lowest BCUT2D eigenvalue weighted by Crippen LogP contribution is -2.31. The lowest BCUT2D eigenvalue weighted by molar-refractivity contribution is 0.165. The molecule has 2 N–H and O–H groups in total. The van der Waals surface area contributed by atoms with Gasteiger partial charge in [0.05, 0.1) is 29.9 Å². The highest BCUT2D eigenvalue weighted by Gasteiger charge is 2.14. The number of hydrogen-bond donors (Lipinski definition) is 2. The Labute approximate surface area is 143 Å². The van der Waals surface area contributed by atoms with Gasteiger partial charge in [0.1, 0.15) is 0 Å². The number of ether oxygens (including phenoxy) is 2. The van der Waals surface area contributed by atoms with Crippen LogP contribution in [0.5, 0.6) is 11.5 Å². The molecule has 0 saturated carbocycles. The van der Waals surface area contributed by atoms with Crippen LogP contribution in [0.25, 0.3) is 10.9 Å². The highest BCUT2D eigenvalue weighted by molar-refractivity contribution is 5.76. The van der Waals surface area contributed by atoms with E-state index in [-0.39, 0.29) is 18.9 Å². The SMILES string of the molecule is O=c1c2ccccc2ncn1C[C@@H](O)CNc1ccc2c(c1)OCO2. The fourth-order valence-corrected chi connectivity index (χ4v) is 2.77. The maximum atomic E-state index is 12.4. The van der Waals surface area contributed by atoms with Gasteiger partial charge in [-0.2, -0.15) is 0 Å². The first-order chi connectivity index (χ1) is 12.2. The van der Waals surface area contributed by atoms with E-state index in [9.17, 15) is 9.90 Å². The predicted molar refractivity (Wildman–Crippen MR) is 93.1 cm³/mol. The summed E-state index contributed by atoms with van der Waals surface area (Å²) in [6.07, 6.45) is 0.722. The smallest absolute Gasteiger partial charge is 0.261 e. The summed E-state index contributed by atoms with van der Waals surface area (Å²) >= 11 is 0. The third-order valence-corrected chi connectivity index (χ3v) is 4.05. The van der Waals surface area contributed by atoms with Gasteiger partial charge in [0.15, 0.2) is 11.5 Å². The van der Waals surface area contributed by atoms with Gasteiger partial charge in [-0.1, -0.05) is 12.1 Å². The summed E-state index contributed by atoms with van der Waals surface area (Å²) in [6.45, 7) is 0.673. The van der Waals surface area contributed by atoms with Gasteiger partial charge in [0.2, 0.25) is 6.79 Å². The molecule has 2 heterocycles. The second-order valence-corrected chi connectivity index (χ2v) is 5.82. The molecular formula is C18H17N3O4. The van der Waals surface area contributed by atoms with Gasteiger partial charge < -0.3 is 19.9 Å².